The highest BCUT2D eigenvalue weighted by atomic mass is 16.8. The molecule has 26 nitrogen and oxygen atoms in total. The van der Waals surface area contributed by atoms with Crippen LogP contribution in [0.15, 0.2) is 58.4 Å². The second-order valence-electron chi connectivity index (χ2n) is 28.6. The Bertz CT molecular complexity index is 2880. The van der Waals surface area contributed by atoms with Gasteiger partial charge in [0.05, 0.1) is 87.3 Å². The summed E-state index contributed by atoms with van der Waals surface area (Å²) in [5.41, 5.74) is -3.49. The lowest BCUT2D eigenvalue weighted by atomic mass is 9.49. The van der Waals surface area contributed by atoms with Crippen molar-refractivity contribution in [2.24, 2.45) is 46.8 Å². The summed E-state index contributed by atoms with van der Waals surface area (Å²) in [5.74, 6) is -5.33. The first-order valence-corrected chi connectivity index (χ1v) is 33.2. The van der Waals surface area contributed by atoms with E-state index in [1.165, 1.54) is 14.0 Å². The van der Waals surface area contributed by atoms with Crippen molar-refractivity contribution < 1.29 is 112 Å². The average molecular weight is 1320 g/mol. The number of carbonyl (C=O) groups is 3. The Kier molecular flexibility index (Phi) is 21.7. The zero-order valence-corrected chi connectivity index (χ0v) is 55.9. The molecule has 0 aromatic heterocycles. The predicted octanol–water partition coefficient (Wildman–Crippen LogP) is 5.45. The van der Waals surface area contributed by atoms with Crippen LogP contribution in [-0.4, -0.2) is 214 Å². The smallest absolute Gasteiger partial charge is 0.407 e. The van der Waals surface area contributed by atoms with Gasteiger partial charge in [0.25, 0.3) is 0 Å². The van der Waals surface area contributed by atoms with Crippen molar-refractivity contribution in [1.82, 2.24) is 5.32 Å². The van der Waals surface area contributed by atoms with Crippen LogP contribution < -0.4 is 5.32 Å². The van der Waals surface area contributed by atoms with Gasteiger partial charge in [-0.1, -0.05) is 63.6 Å². The van der Waals surface area contributed by atoms with Crippen molar-refractivity contribution in [3.63, 3.8) is 0 Å². The minimum absolute atomic E-state index is 0.00999. The summed E-state index contributed by atoms with van der Waals surface area (Å²) < 4.78 is 82.0. The van der Waals surface area contributed by atoms with Gasteiger partial charge in [0.2, 0.25) is 11.3 Å². The fourth-order valence-corrected chi connectivity index (χ4v) is 17.2. The lowest BCUT2D eigenvalue weighted by Crippen LogP contribution is -2.65. The van der Waals surface area contributed by atoms with Crippen LogP contribution in [0.5, 0.6) is 0 Å². The number of aliphatic hydroxyl groups is 6. The Morgan fingerprint density at radius 1 is 0.688 bits per heavy atom. The molecule has 7 fully saturated rings. The first-order chi connectivity index (χ1) is 43.9. The van der Waals surface area contributed by atoms with Crippen molar-refractivity contribution in [2.45, 2.75) is 275 Å². The molecule has 4 aliphatic carbocycles. The van der Waals surface area contributed by atoms with Gasteiger partial charge in [0, 0.05) is 74.2 Å². The zero-order chi connectivity index (χ0) is 67.7. The molecule has 6 aliphatic heterocycles. The number of fused-ring (bicyclic) bond motifs is 4. The lowest BCUT2D eigenvalue weighted by molar-refractivity contribution is -0.584. The van der Waals surface area contributed by atoms with E-state index in [-0.39, 0.29) is 63.4 Å². The second-order valence-corrected chi connectivity index (χ2v) is 28.6. The lowest BCUT2D eigenvalue weighted by Gasteiger charge is -2.56. The SMILES string of the molecule is COC(=O)NC1C(C)OC(OC2CC=C(C)C3C=CC4C(OC5CC(OC6CC(OC7CC(O)C(O)C(C)O7)C(OC7CC(O)C(OC)C(C)O7)C(C)O6)C(O)C(C)O5)C(C)CC(C)C4C3(C)/C(O)=C3/C(=O)OC4(CC(C)C(CO)=CC4C=C2C)C3=O)CC1(C)[N+](=O)[O-]. The van der Waals surface area contributed by atoms with E-state index < -0.39 is 209 Å². The molecular formula is C67H100N2O24. The van der Waals surface area contributed by atoms with Crippen molar-refractivity contribution in [1.29, 1.82) is 0 Å². The third kappa shape index (κ3) is 13.7. The molecule has 0 aromatic carbocycles. The van der Waals surface area contributed by atoms with Crippen molar-refractivity contribution in [3.8, 4) is 0 Å². The molecule has 522 valence electrons. The van der Waals surface area contributed by atoms with E-state index in [0.29, 0.717) is 17.6 Å². The van der Waals surface area contributed by atoms with Crippen molar-refractivity contribution in [3.05, 3.63) is 68.5 Å². The molecule has 26 heteroatoms. The molecule has 0 aromatic rings. The Labute approximate surface area is 543 Å². The number of hydrogen-bond donors (Lipinski definition) is 7. The first kappa shape index (κ1) is 71.4. The van der Waals surface area contributed by atoms with Gasteiger partial charge in [0.15, 0.2) is 37.1 Å². The number of esters is 1. The number of hydrogen-bond acceptors (Lipinski definition) is 24. The molecule has 0 radical (unpaired) electrons. The molecule has 10 aliphatic rings. The number of rotatable bonds is 14. The summed E-state index contributed by atoms with van der Waals surface area (Å²) >= 11 is 0. The van der Waals surface area contributed by atoms with E-state index in [4.69, 9.17) is 61.6 Å². The summed E-state index contributed by atoms with van der Waals surface area (Å²) in [6.45, 7) is 21.2. The standard InChI is InChI=1S/C67H100N2O24/c1-29-15-18-45(88-52-27-65(11,69(79)80)60(38(10)87-52)68-64(78)82-14)30(2)20-40-21-39(28-70)33(5)26-67(40)62(76)53(63(77)93-67)61(75)66(12)42(29)17-16-41-54(66)31(3)19-32(4)57(41)91-51-24-46(56(74)35(7)84-51)89-50-25-47(90-48-22-43(71)55(73)34(6)83-48)59(37(9)86-50)92-49-23-44(72)58(81-13)36(8)85-49/h15-17,20-21,31-38,40-52,54-60,70-75H,18-19,22-28H2,1-14H3,(H,68,78)/b29-15?,30-20?,61-53-. The Morgan fingerprint density at radius 3 is 1.92 bits per heavy atom. The molecule has 1 spiro atoms. The fraction of sp³-hybridized carbons (Fsp3) is 0.806. The molecule has 7 N–H and O–H groups in total. The van der Waals surface area contributed by atoms with Crippen LogP contribution in [0.25, 0.3) is 0 Å². The Balaban J connectivity index is 0.943. The summed E-state index contributed by atoms with van der Waals surface area (Å²) in [7, 11) is 2.66. The van der Waals surface area contributed by atoms with Crippen LogP contribution >= 0.6 is 0 Å². The summed E-state index contributed by atoms with van der Waals surface area (Å²) in [4.78, 5) is 55.4. The molecular weight excluding hydrogens is 1220 g/mol. The number of ketones is 1. The van der Waals surface area contributed by atoms with Gasteiger partial charge in [-0.25, -0.2) is 9.59 Å². The van der Waals surface area contributed by atoms with Crippen LogP contribution in [0.2, 0.25) is 0 Å². The van der Waals surface area contributed by atoms with Crippen LogP contribution in [0.3, 0.4) is 0 Å². The molecule has 1 amide bonds. The van der Waals surface area contributed by atoms with Gasteiger partial charge >= 0.3 is 12.1 Å². The van der Waals surface area contributed by atoms with E-state index in [1.807, 2.05) is 32.9 Å². The van der Waals surface area contributed by atoms with Gasteiger partial charge in [-0.2, -0.15) is 0 Å². The van der Waals surface area contributed by atoms with Crippen LogP contribution in [0.4, 0.5) is 4.79 Å². The first-order valence-electron chi connectivity index (χ1n) is 33.2. The maximum atomic E-state index is 15.7. The topological polar surface area (TPSA) is 348 Å². The molecule has 93 heavy (non-hydrogen) atoms. The van der Waals surface area contributed by atoms with Crippen molar-refractivity contribution >= 4 is 17.8 Å². The average Bonchev–Trinajstić information content (AvgIpc) is 1.70. The van der Waals surface area contributed by atoms with Gasteiger partial charge in [-0.15, -0.1) is 0 Å². The van der Waals surface area contributed by atoms with Crippen LogP contribution in [0.1, 0.15) is 134 Å². The Morgan fingerprint density at radius 2 is 1.28 bits per heavy atom. The summed E-state index contributed by atoms with van der Waals surface area (Å²) in [6.07, 6.45) is -8.05. The van der Waals surface area contributed by atoms with Crippen LogP contribution in [-0.2, 0) is 71.2 Å². The monoisotopic (exact) mass is 1320 g/mol. The molecule has 6 heterocycles. The number of nitro groups is 1. The van der Waals surface area contributed by atoms with E-state index in [1.54, 1.807) is 53.7 Å². The third-order valence-corrected chi connectivity index (χ3v) is 22.3. The minimum atomic E-state index is -1.84. The number of nitrogens with zero attached hydrogens (tertiary/aromatic N) is 1. The number of methoxy groups -OCH3 is 2. The maximum Gasteiger partial charge on any atom is 0.407 e. The molecule has 31 atom stereocenters. The number of alkyl carbamates (subject to hydrolysis) is 1. The van der Waals surface area contributed by atoms with Gasteiger partial charge in [-0.05, 0) is 96.1 Å². The number of nitrogens with one attached hydrogen (secondary N) is 1. The zero-order valence-electron chi connectivity index (χ0n) is 55.9. The highest BCUT2D eigenvalue weighted by Gasteiger charge is 2.64. The highest BCUT2D eigenvalue weighted by molar-refractivity contribution is 6.26. The number of carbonyl (C=O) groups excluding carboxylic acids is 3. The van der Waals surface area contributed by atoms with E-state index in [9.17, 15) is 50.3 Å². The molecule has 2 bridgehead atoms. The predicted molar refractivity (Wildman–Crippen MR) is 327 cm³/mol. The van der Waals surface area contributed by atoms with Gasteiger partial charge < -0.3 is 97.5 Å². The summed E-state index contributed by atoms with van der Waals surface area (Å²) in [6, 6.07) is -1.09. The van der Waals surface area contributed by atoms with Gasteiger partial charge in [0.1, 0.15) is 41.8 Å². The van der Waals surface area contributed by atoms with E-state index >= 15 is 4.79 Å². The quantitative estimate of drug-likeness (QED) is 0.0373. The van der Waals surface area contributed by atoms with Gasteiger partial charge in [-0.3, -0.25) is 14.9 Å². The molecule has 10 rings (SSSR count). The number of aliphatic hydroxyl groups excluding tert-OH is 6. The second kappa shape index (κ2) is 28.3. The third-order valence-electron chi connectivity index (χ3n) is 22.3. The normalized spacial score (nSPS) is 48.8. The van der Waals surface area contributed by atoms with Crippen molar-refractivity contribution in [2.75, 3.05) is 20.8 Å². The highest BCUT2D eigenvalue weighted by Crippen LogP contribution is 2.61. The Hall–Kier alpha value is -4.33. The minimum Gasteiger partial charge on any atom is -0.511 e. The van der Waals surface area contributed by atoms with E-state index in [0.717, 1.165) is 12.7 Å². The number of ether oxygens (including phenoxy) is 13. The summed E-state index contributed by atoms with van der Waals surface area (Å²) in [5, 5.41) is 83.6. The van der Waals surface area contributed by atoms with Crippen LogP contribution in [0, 0.1) is 57.0 Å². The molecule has 31 unspecified atom stereocenters. The number of allylic oxidation sites excluding steroid dienone is 3. The van der Waals surface area contributed by atoms with E-state index in [2.05, 4.69) is 25.2 Å². The fourth-order valence-electron chi connectivity index (χ4n) is 17.2. The number of Topliss-reactive ketones (excluding diaryl/α,β-unsaturated/α-hetero) is 1. The maximum absolute atomic E-state index is 15.7. The molecule has 6 saturated heterocycles. The largest absolute Gasteiger partial charge is 0.511 e. The molecule has 1 saturated carbocycles. The number of amides is 1.